The molecule has 0 bridgehead atoms. The van der Waals surface area contributed by atoms with Crippen LogP contribution in [0.3, 0.4) is 0 Å². The maximum absolute atomic E-state index is 10.7. The summed E-state index contributed by atoms with van der Waals surface area (Å²) in [4.78, 5) is 10.7. The molecule has 0 atom stereocenters. The molecule has 0 fully saturated rings. The molecule has 0 saturated carbocycles. The van der Waals surface area contributed by atoms with Crippen molar-refractivity contribution in [3.05, 3.63) is 35.4 Å². The van der Waals surface area contributed by atoms with Gasteiger partial charge in [-0.1, -0.05) is 31.9 Å². The van der Waals surface area contributed by atoms with Crippen LogP contribution in [0.25, 0.3) is 6.08 Å². The minimum atomic E-state index is -1.22. The highest BCUT2D eigenvalue weighted by Crippen LogP contribution is 2.15. The Bertz CT molecular complexity index is 483. The van der Waals surface area contributed by atoms with Crippen molar-refractivity contribution in [1.29, 1.82) is 5.26 Å². The van der Waals surface area contributed by atoms with Gasteiger partial charge in [-0.25, -0.2) is 4.79 Å². The molecular formula is C15H17NO3. The van der Waals surface area contributed by atoms with Crippen molar-refractivity contribution in [2.45, 2.75) is 26.2 Å². The van der Waals surface area contributed by atoms with Crippen molar-refractivity contribution in [3.8, 4) is 11.8 Å². The van der Waals surface area contributed by atoms with Crippen LogP contribution in [-0.4, -0.2) is 17.7 Å². The third-order valence-corrected chi connectivity index (χ3v) is 2.56. The third-order valence-electron chi connectivity index (χ3n) is 2.56. The molecule has 19 heavy (non-hydrogen) atoms. The van der Waals surface area contributed by atoms with E-state index in [1.165, 1.54) is 6.08 Å². The van der Waals surface area contributed by atoms with Gasteiger partial charge in [-0.3, -0.25) is 0 Å². The van der Waals surface area contributed by atoms with Gasteiger partial charge >= 0.3 is 5.97 Å². The first-order valence-electron chi connectivity index (χ1n) is 6.25. The predicted molar refractivity (Wildman–Crippen MR) is 72.7 cm³/mol. The number of carboxylic acid groups (broad SMARTS) is 1. The molecule has 0 amide bonds. The molecule has 4 nitrogen and oxygen atoms in total. The number of nitrogens with zero attached hydrogens (tertiary/aromatic N) is 1. The van der Waals surface area contributed by atoms with Crippen LogP contribution in [0.4, 0.5) is 0 Å². The number of hydrogen-bond acceptors (Lipinski definition) is 3. The van der Waals surface area contributed by atoms with Crippen molar-refractivity contribution < 1.29 is 14.6 Å². The van der Waals surface area contributed by atoms with E-state index in [2.05, 4.69) is 6.92 Å². The molecule has 1 rings (SSSR count). The lowest BCUT2D eigenvalue weighted by Gasteiger charge is -2.05. The second-order valence-electron chi connectivity index (χ2n) is 4.10. The molecule has 0 spiro atoms. The molecule has 0 aromatic heterocycles. The fourth-order valence-electron chi connectivity index (χ4n) is 1.51. The maximum atomic E-state index is 10.7. The lowest BCUT2D eigenvalue weighted by atomic mass is 10.1. The summed E-state index contributed by atoms with van der Waals surface area (Å²) in [5, 5.41) is 17.4. The lowest BCUT2D eigenvalue weighted by Crippen LogP contribution is -1.98. The van der Waals surface area contributed by atoms with E-state index in [0.717, 1.165) is 25.0 Å². The van der Waals surface area contributed by atoms with E-state index in [-0.39, 0.29) is 5.57 Å². The molecule has 0 saturated heterocycles. The Hall–Kier alpha value is -2.28. The topological polar surface area (TPSA) is 70.3 Å². The van der Waals surface area contributed by atoms with Gasteiger partial charge in [-0.2, -0.15) is 5.26 Å². The molecule has 100 valence electrons. The Kier molecular flexibility index (Phi) is 6.17. The van der Waals surface area contributed by atoms with Crippen LogP contribution in [0.5, 0.6) is 5.75 Å². The number of carboxylic acids is 1. The largest absolute Gasteiger partial charge is 0.494 e. The number of rotatable bonds is 7. The standard InChI is InChI=1S/C15H17NO3/c1-2-3-4-9-19-14-7-5-12(6-8-14)10-13(11-16)15(17)18/h5-8,10H,2-4,9H2,1H3,(H,17,18)/b13-10+. The first-order chi connectivity index (χ1) is 9.17. The van der Waals surface area contributed by atoms with Crippen LogP contribution in [0.2, 0.25) is 0 Å². The summed E-state index contributed by atoms with van der Waals surface area (Å²) in [6.07, 6.45) is 4.66. The van der Waals surface area contributed by atoms with Gasteiger partial charge in [0.15, 0.2) is 0 Å². The van der Waals surface area contributed by atoms with Gasteiger partial charge in [0, 0.05) is 0 Å². The van der Waals surface area contributed by atoms with E-state index in [0.29, 0.717) is 12.2 Å². The lowest BCUT2D eigenvalue weighted by molar-refractivity contribution is -0.132. The molecule has 1 N–H and O–H groups in total. The highest BCUT2D eigenvalue weighted by molar-refractivity contribution is 5.96. The monoisotopic (exact) mass is 259 g/mol. The second-order valence-corrected chi connectivity index (χ2v) is 4.10. The number of benzene rings is 1. The molecule has 1 aromatic carbocycles. The fourth-order valence-corrected chi connectivity index (χ4v) is 1.51. The second kappa shape index (κ2) is 7.93. The highest BCUT2D eigenvalue weighted by atomic mass is 16.5. The molecule has 0 unspecified atom stereocenters. The van der Waals surface area contributed by atoms with E-state index >= 15 is 0 Å². The number of carbonyl (C=O) groups is 1. The summed E-state index contributed by atoms with van der Waals surface area (Å²) in [6, 6.07) is 8.65. The van der Waals surface area contributed by atoms with Gasteiger partial charge in [0.25, 0.3) is 0 Å². The molecule has 0 aliphatic carbocycles. The van der Waals surface area contributed by atoms with Gasteiger partial charge in [0.2, 0.25) is 0 Å². The fraction of sp³-hybridized carbons (Fsp3) is 0.333. The molecule has 0 aliphatic rings. The maximum Gasteiger partial charge on any atom is 0.346 e. The summed E-state index contributed by atoms with van der Waals surface area (Å²) in [6.45, 7) is 2.82. The van der Waals surface area contributed by atoms with Gasteiger partial charge in [0.1, 0.15) is 17.4 Å². The van der Waals surface area contributed by atoms with Crippen LogP contribution in [0.1, 0.15) is 31.7 Å². The Morgan fingerprint density at radius 3 is 2.58 bits per heavy atom. The molecule has 0 radical (unpaired) electrons. The van der Waals surface area contributed by atoms with Gasteiger partial charge in [-0.15, -0.1) is 0 Å². The van der Waals surface area contributed by atoms with Crippen LogP contribution in [-0.2, 0) is 4.79 Å². The number of ether oxygens (including phenoxy) is 1. The molecular weight excluding hydrogens is 242 g/mol. The zero-order valence-corrected chi connectivity index (χ0v) is 10.9. The summed E-state index contributed by atoms with van der Waals surface area (Å²) in [7, 11) is 0. The highest BCUT2D eigenvalue weighted by Gasteiger charge is 2.05. The van der Waals surface area contributed by atoms with E-state index in [4.69, 9.17) is 15.1 Å². The number of nitriles is 1. The van der Waals surface area contributed by atoms with E-state index < -0.39 is 5.97 Å². The number of unbranched alkanes of at least 4 members (excludes halogenated alkanes) is 2. The van der Waals surface area contributed by atoms with Crippen molar-refractivity contribution in [3.63, 3.8) is 0 Å². The predicted octanol–water partition coefficient (Wildman–Crippen LogP) is 3.25. The zero-order chi connectivity index (χ0) is 14.1. The van der Waals surface area contributed by atoms with Crippen LogP contribution in [0, 0.1) is 11.3 Å². The van der Waals surface area contributed by atoms with Crippen LogP contribution >= 0.6 is 0 Å². The third kappa shape index (κ3) is 5.26. The molecule has 4 heteroatoms. The Morgan fingerprint density at radius 1 is 1.37 bits per heavy atom. The van der Waals surface area contributed by atoms with E-state index in [1.807, 2.05) is 0 Å². The minimum absolute atomic E-state index is 0.281. The summed E-state index contributed by atoms with van der Waals surface area (Å²) in [5.74, 6) is -0.468. The van der Waals surface area contributed by atoms with E-state index in [1.54, 1.807) is 30.3 Å². The molecule has 0 aliphatic heterocycles. The Labute approximate surface area is 112 Å². The molecule has 0 heterocycles. The van der Waals surface area contributed by atoms with Gasteiger partial charge in [0.05, 0.1) is 6.61 Å². The van der Waals surface area contributed by atoms with Crippen molar-refractivity contribution in [2.75, 3.05) is 6.61 Å². The normalized spacial score (nSPS) is 10.8. The van der Waals surface area contributed by atoms with Crippen LogP contribution < -0.4 is 4.74 Å². The van der Waals surface area contributed by atoms with E-state index in [9.17, 15) is 4.79 Å². The zero-order valence-electron chi connectivity index (χ0n) is 10.9. The number of aliphatic carboxylic acids is 1. The first-order valence-corrected chi connectivity index (χ1v) is 6.25. The smallest absolute Gasteiger partial charge is 0.346 e. The number of hydrogen-bond donors (Lipinski definition) is 1. The quantitative estimate of drug-likeness (QED) is 0.463. The summed E-state index contributed by atoms with van der Waals surface area (Å²) in [5.41, 5.74) is 0.386. The summed E-state index contributed by atoms with van der Waals surface area (Å²) < 4.78 is 5.54. The van der Waals surface area contributed by atoms with Crippen LogP contribution in [0.15, 0.2) is 29.8 Å². The Morgan fingerprint density at radius 2 is 2.05 bits per heavy atom. The van der Waals surface area contributed by atoms with Gasteiger partial charge < -0.3 is 9.84 Å². The van der Waals surface area contributed by atoms with Crippen molar-refractivity contribution in [2.24, 2.45) is 0 Å². The minimum Gasteiger partial charge on any atom is -0.494 e. The average Bonchev–Trinajstić information content (AvgIpc) is 2.42. The SMILES string of the molecule is CCCCCOc1ccc(/C=C(\C#N)C(=O)O)cc1. The van der Waals surface area contributed by atoms with Crippen molar-refractivity contribution in [1.82, 2.24) is 0 Å². The average molecular weight is 259 g/mol. The first kappa shape index (κ1) is 14.8. The molecule has 1 aromatic rings. The summed E-state index contributed by atoms with van der Waals surface area (Å²) >= 11 is 0. The van der Waals surface area contributed by atoms with Crippen molar-refractivity contribution >= 4 is 12.0 Å². The van der Waals surface area contributed by atoms with Gasteiger partial charge in [-0.05, 0) is 30.2 Å². The Balaban J connectivity index is 2.61.